The highest BCUT2D eigenvalue weighted by molar-refractivity contribution is 5.43. The molecule has 0 radical (unpaired) electrons. The van der Waals surface area contributed by atoms with Gasteiger partial charge in [-0.2, -0.15) is 0 Å². The second-order valence-electron chi connectivity index (χ2n) is 4.86. The van der Waals surface area contributed by atoms with Gasteiger partial charge in [0.25, 0.3) is 0 Å². The first kappa shape index (κ1) is 12.1. The highest BCUT2D eigenvalue weighted by Crippen LogP contribution is 2.17. The van der Waals surface area contributed by atoms with Gasteiger partial charge in [-0.1, -0.05) is 30.3 Å². The summed E-state index contributed by atoms with van der Waals surface area (Å²) in [6, 6.07) is 10.4. The van der Waals surface area contributed by atoms with E-state index < -0.39 is 0 Å². The summed E-state index contributed by atoms with van der Waals surface area (Å²) in [5.41, 5.74) is 9.53. The molecule has 0 saturated carbocycles. The number of nitrogens with one attached hydrogen (secondary N) is 1. The molecule has 0 unspecified atom stereocenters. The molecule has 1 aliphatic rings. The summed E-state index contributed by atoms with van der Waals surface area (Å²) < 4.78 is 0. The number of nitrogens with zero attached hydrogens (tertiary/aromatic N) is 2. The van der Waals surface area contributed by atoms with Crippen LogP contribution < -0.4 is 11.1 Å². The zero-order chi connectivity index (χ0) is 13.1. The zero-order valence-electron chi connectivity index (χ0n) is 10.9. The lowest BCUT2D eigenvalue weighted by Gasteiger charge is -2.18. The number of aryl methyl sites for hydroxylation is 2. The van der Waals surface area contributed by atoms with Crippen LogP contribution in [0.25, 0.3) is 0 Å². The van der Waals surface area contributed by atoms with Crippen molar-refractivity contribution in [2.75, 3.05) is 12.3 Å². The molecule has 0 fully saturated rings. The lowest BCUT2D eigenvalue weighted by molar-refractivity contribution is 0.621. The van der Waals surface area contributed by atoms with Crippen molar-refractivity contribution in [3.63, 3.8) is 0 Å². The average molecular weight is 254 g/mol. The van der Waals surface area contributed by atoms with Gasteiger partial charge in [-0.15, -0.1) is 0 Å². The van der Waals surface area contributed by atoms with Crippen LogP contribution >= 0.6 is 0 Å². The Morgan fingerprint density at radius 2 is 1.95 bits per heavy atom. The number of nitrogens with two attached hydrogens (primary N) is 1. The summed E-state index contributed by atoms with van der Waals surface area (Å²) >= 11 is 0. The number of fused-ring (bicyclic) bond motifs is 1. The van der Waals surface area contributed by atoms with Crippen LogP contribution in [0.1, 0.15) is 22.6 Å². The highest BCUT2D eigenvalue weighted by atomic mass is 15.0. The van der Waals surface area contributed by atoms with Crippen LogP contribution in [0, 0.1) is 0 Å². The van der Waals surface area contributed by atoms with Gasteiger partial charge in [0.15, 0.2) is 0 Å². The van der Waals surface area contributed by atoms with Gasteiger partial charge in [0, 0.05) is 31.5 Å². The van der Waals surface area contributed by atoms with Gasteiger partial charge in [-0.25, -0.2) is 9.97 Å². The van der Waals surface area contributed by atoms with E-state index in [0.29, 0.717) is 5.82 Å². The van der Waals surface area contributed by atoms with Crippen LogP contribution in [0.4, 0.5) is 5.82 Å². The van der Waals surface area contributed by atoms with E-state index in [4.69, 9.17) is 5.73 Å². The van der Waals surface area contributed by atoms with Crippen molar-refractivity contribution in [2.45, 2.75) is 25.8 Å². The molecule has 1 aliphatic heterocycles. The Bertz CT molecular complexity index is 566. The molecule has 0 amide bonds. The lowest BCUT2D eigenvalue weighted by atomic mass is 10.1. The van der Waals surface area contributed by atoms with E-state index in [1.165, 1.54) is 5.56 Å². The van der Waals surface area contributed by atoms with Crippen molar-refractivity contribution in [1.29, 1.82) is 0 Å². The molecule has 2 heterocycles. The predicted octanol–water partition coefficient (Wildman–Crippen LogP) is 1.49. The average Bonchev–Trinajstić information content (AvgIpc) is 2.46. The van der Waals surface area contributed by atoms with Gasteiger partial charge < -0.3 is 11.1 Å². The number of nitrogen functional groups attached to an aromatic ring is 1. The Balaban J connectivity index is 1.76. The second-order valence-corrected chi connectivity index (χ2v) is 4.86. The number of benzene rings is 1. The third-order valence-electron chi connectivity index (χ3n) is 3.49. The summed E-state index contributed by atoms with van der Waals surface area (Å²) in [6.45, 7) is 1.77. The van der Waals surface area contributed by atoms with Crippen molar-refractivity contribution < 1.29 is 0 Å². The minimum atomic E-state index is 0.639. The van der Waals surface area contributed by atoms with Crippen LogP contribution in [0.3, 0.4) is 0 Å². The second kappa shape index (κ2) is 5.36. The first-order chi connectivity index (χ1) is 9.33. The molecular weight excluding hydrogens is 236 g/mol. The van der Waals surface area contributed by atoms with E-state index in [0.717, 1.165) is 49.4 Å². The lowest BCUT2D eigenvalue weighted by Crippen LogP contribution is -2.26. The molecule has 98 valence electrons. The Kier molecular flexibility index (Phi) is 3.42. The molecule has 0 bridgehead atoms. The van der Waals surface area contributed by atoms with Crippen LogP contribution in [0.15, 0.2) is 30.3 Å². The minimum absolute atomic E-state index is 0.639. The molecular formula is C15H18N4. The molecule has 1 aromatic heterocycles. The maximum Gasteiger partial charge on any atom is 0.131 e. The molecule has 4 heteroatoms. The molecule has 1 aromatic carbocycles. The van der Waals surface area contributed by atoms with E-state index in [-0.39, 0.29) is 0 Å². The number of anilines is 1. The summed E-state index contributed by atoms with van der Waals surface area (Å²) in [7, 11) is 0. The van der Waals surface area contributed by atoms with Gasteiger partial charge in [-0.3, -0.25) is 0 Å². The Labute approximate surface area is 113 Å². The van der Waals surface area contributed by atoms with E-state index >= 15 is 0 Å². The number of aromatic nitrogens is 2. The predicted molar refractivity (Wildman–Crippen MR) is 75.7 cm³/mol. The molecule has 3 N–H and O–H groups in total. The van der Waals surface area contributed by atoms with Gasteiger partial charge >= 0.3 is 0 Å². The maximum atomic E-state index is 6.02. The molecule has 0 aliphatic carbocycles. The molecule has 0 spiro atoms. The third-order valence-corrected chi connectivity index (χ3v) is 3.49. The van der Waals surface area contributed by atoms with E-state index in [1.54, 1.807) is 0 Å². The van der Waals surface area contributed by atoms with Gasteiger partial charge in [0.05, 0.1) is 5.69 Å². The Morgan fingerprint density at radius 3 is 2.79 bits per heavy atom. The standard InChI is InChI=1S/C15H18N4/c16-15-12-10-17-9-8-13(12)18-14(19-15)7-6-11-4-2-1-3-5-11/h1-5,17H,6-10H2,(H2,16,18,19). The van der Waals surface area contributed by atoms with Crippen LogP contribution in [0.5, 0.6) is 0 Å². The fraction of sp³-hybridized carbons (Fsp3) is 0.333. The van der Waals surface area contributed by atoms with Gasteiger partial charge in [0.2, 0.25) is 0 Å². The molecule has 4 nitrogen and oxygen atoms in total. The summed E-state index contributed by atoms with van der Waals surface area (Å²) in [5.74, 6) is 1.50. The zero-order valence-corrected chi connectivity index (χ0v) is 10.9. The van der Waals surface area contributed by atoms with E-state index in [9.17, 15) is 0 Å². The topological polar surface area (TPSA) is 63.8 Å². The minimum Gasteiger partial charge on any atom is -0.383 e. The Hall–Kier alpha value is -1.94. The third kappa shape index (κ3) is 2.74. The number of hydrogen-bond donors (Lipinski definition) is 2. The van der Waals surface area contributed by atoms with Crippen molar-refractivity contribution in [3.8, 4) is 0 Å². The van der Waals surface area contributed by atoms with Crippen molar-refractivity contribution in [3.05, 3.63) is 53.0 Å². The van der Waals surface area contributed by atoms with E-state index in [1.807, 2.05) is 6.07 Å². The van der Waals surface area contributed by atoms with Crippen LogP contribution in [-0.2, 0) is 25.8 Å². The number of hydrogen-bond acceptors (Lipinski definition) is 4. The molecule has 0 saturated heterocycles. The smallest absolute Gasteiger partial charge is 0.131 e. The normalized spacial score (nSPS) is 14.1. The molecule has 19 heavy (non-hydrogen) atoms. The first-order valence-electron chi connectivity index (χ1n) is 6.72. The first-order valence-corrected chi connectivity index (χ1v) is 6.72. The molecule has 3 rings (SSSR count). The number of rotatable bonds is 3. The summed E-state index contributed by atoms with van der Waals surface area (Å²) in [5, 5.41) is 3.30. The molecule has 2 aromatic rings. The monoisotopic (exact) mass is 254 g/mol. The van der Waals surface area contributed by atoms with Crippen molar-refractivity contribution in [1.82, 2.24) is 15.3 Å². The maximum absolute atomic E-state index is 6.02. The van der Waals surface area contributed by atoms with Gasteiger partial charge in [0.1, 0.15) is 11.6 Å². The largest absolute Gasteiger partial charge is 0.383 e. The van der Waals surface area contributed by atoms with Crippen LogP contribution in [-0.4, -0.2) is 16.5 Å². The van der Waals surface area contributed by atoms with Gasteiger partial charge in [-0.05, 0) is 12.0 Å². The quantitative estimate of drug-likeness (QED) is 0.871. The fourth-order valence-corrected chi connectivity index (χ4v) is 2.43. The van der Waals surface area contributed by atoms with Crippen LogP contribution in [0.2, 0.25) is 0 Å². The molecule has 0 atom stereocenters. The SMILES string of the molecule is Nc1nc(CCc2ccccc2)nc2c1CNCC2. The highest BCUT2D eigenvalue weighted by Gasteiger charge is 2.15. The fourth-order valence-electron chi connectivity index (χ4n) is 2.43. The summed E-state index contributed by atoms with van der Waals surface area (Å²) in [6.07, 6.45) is 2.74. The summed E-state index contributed by atoms with van der Waals surface area (Å²) in [4.78, 5) is 9.09. The van der Waals surface area contributed by atoms with Crippen molar-refractivity contribution in [2.24, 2.45) is 0 Å². The van der Waals surface area contributed by atoms with Crippen molar-refractivity contribution >= 4 is 5.82 Å². The van der Waals surface area contributed by atoms with E-state index in [2.05, 4.69) is 39.6 Å². The Morgan fingerprint density at radius 1 is 1.11 bits per heavy atom.